The molecule has 64 valence electrons. The minimum Gasteiger partial charge on any atom is -0.340 e. The Bertz CT molecular complexity index is 302. The van der Waals surface area contributed by atoms with Gasteiger partial charge in [0.1, 0.15) is 11.8 Å². The maximum absolute atomic E-state index is 8.70. The molecule has 12 heavy (non-hydrogen) atoms. The summed E-state index contributed by atoms with van der Waals surface area (Å²) in [4.78, 5) is 0. The lowest BCUT2D eigenvalue weighted by Gasteiger charge is -2.06. The van der Waals surface area contributed by atoms with Gasteiger partial charge in [-0.25, -0.2) is 0 Å². The van der Waals surface area contributed by atoms with Crippen LogP contribution in [0.3, 0.4) is 0 Å². The second-order valence-electron chi connectivity index (χ2n) is 3.48. The third-order valence-corrected chi connectivity index (χ3v) is 1.96. The van der Waals surface area contributed by atoms with Crippen molar-refractivity contribution in [3.8, 4) is 6.07 Å². The van der Waals surface area contributed by atoms with E-state index < -0.39 is 0 Å². The topological polar surface area (TPSA) is 28.7 Å². The number of nitrogens with zero attached hydrogens (tertiary/aromatic N) is 2. The van der Waals surface area contributed by atoms with E-state index in [2.05, 4.69) is 19.9 Å². The molecule has 0 atom stereocenters. The average molecular weight is 162 g/mol. The van der Waals surface area contributed by atoms with E-state index in [0.29, 0.717) is 5.92 Å². The Morgan fingerprint density at radius 1 is 1.50 bits per heavy atom. The van der Waals surface area contributed by atoms with Gasteiger partial charge in [0.25, 0.3) is 0 Å². The average Bonchev–Trinajstić information content (AvgIpc) is 2.32. The fraction of sp³-hybridized carbons (Fsp3) is 0.500. The van der Waals surface area contributed by atoms with Gasteiger partial charge in [-0.3, -0.25) is 0 Å². The predicted octanol–water partition coefficient (Wildman–Crippen LogP) is 2.10. The Morgan fingerprint density at radius 2 is 2.17 bits per heavy atom. The van der Waals surface area contributed by atoms with E-state index in [1.165, 1.54) is 5.69 Å². The van der Waals surface area contributed by atoms with Gasteiger partial charge in [0.2, 0.25) is 0 Å². The first-order chi connectivity index (χ1) is 5.65. The summed E-state index contributed by atoms with van der Waals surface area (Å²) >= 11 is 0. The number of rotatable bonds is 2. The van der Waals surface area contributed by atoms with Crippen LogP contribution in [0.2, 0.25) is 0 Å². The molecule has 0 saturated carbocycles. The smallest absolute Gasteiger partial charge is 0.120 e. The van der Waals surface area contributed by atoms with Crippen LogP contribution in [0.25, 0.3) is 0 Å². The zero-order chi connectivity index (χ0) is 9.14. The molecular formula is C10H14N2. The molecule has 2 heteroatoms. The molecule has 0 aromatic carbocycles. The Morgan fingerprint density at radius 3 is 2.58 bits per heavy atom. The molecule has 0 radical (unpaired) electrons. The first kappa shape index (κ1) is 8.86. The molecule has 0 aliphatic heterocycles. The van der Waals surface area contributed by atoms with Crippen molar-refractivity contribution in [2.24, 2.45) is 13.0 Å². The fourth-order valence-electron chi connectivity index (χ4n) is 1.29. The van der Waals surface area contributed by atoms with Crippen molar-refractivity contribution in [3.05, 3.63) is 23.5 Å². The maximum Gasteiger partial charge on any atom is 0.120 e. The van der Waals surface area contributed by atoms with Gasteiger partial charge in [0.05, 0.1) is 0 Å². The summed E-state index contributed by atoms with van der Waals surface area (Å²) in [6.07, 6.45) is 1.04. The summed E-state index contributed by atoms with van der Waals surface area (Å²) in [5.41, 5.74) is 1.98. The second kappa shape index (κ2) is 3.44. The maximum atomic E-state index is 8.70. The van der Waals surface area contributed by atoms with Crippen molar-refractivity contribution in [1.29, 1.82) is 5.26 Å². The van der Waals surface area contributed by atoms with E-state index >= 15 is 0 Å². The van der Waals surface area contributed by atoms with Crippen LogP contribution in [0.4, 0.5) is 0 Å². The van der Waals surface area contributed by atoms with Crippen LogP contribution >= 0.6 is 0 Å². The molecule has 0 unspecified atom stereocenters. The van der Waals surface area contributed by atoms with E-state index in [1.807, 2.05) is 23.7 Å². The van der Waals surface area contributed by atoms with Crippen LogP contribution in [0, 0.1) is 17.2 Å². The van der Waals surface area contributed by atoms with Crippen molar-refractivity contribution in [2.45, 2.75) is 20.3 Å². The Kier molecular flexibility index (Phi) is 2.54. The summed E-state index contributed by atoms with van der Waals surface area (Å²) in [5.74, 6) is 0.644. The van der Waals surface area contributed by atoms with Gasteiger partial charge in [-0.05, 0) is 24.5 Å². The lowest BCUT2D eigenvalue weighted by molar-refractivity contribution is 0.615. The molecule has 0 fully saturated rings. The molecule has 0 aliphatic carbocycles. The van der Waals surface area contributed by atoms with Crippen LogP contribution in [0.1, 0.15) is 25.2 Å². The third kappa shape index (κ3) is 1.68. The highest BCUT2D eigenvalue weighted by Crippen LogP contribution is 2.10. The molecule has 1 rings (SSSR count). The first-order valence-electron chi connectivity index (χ1n) is 4.20. The van der Waals surface area contributed by atoms with Crippen LogP contribution in [-0.4, -0.2) is 4.57 Å². The van der Waals surface area contributed by atoms with E-state index in [4.69, 9.17) is 5.26 Å². The molecule has 0 bridgehead atoms. The predicted molar refractivity (Wildman–Crippen MR) is 48.7 cm³/mol. The van der Waals surface area contributed by atoms with Gasteiger partial charge in [0, 0.05) is 12.7 Å². The standard InChI is InChI=1S/C10H14N2/c1-8(2)6-9-4-5-10(7-11)12(9)3/h4-5,8H,6H2,1-3H3. The van der Waals surface area contributed by atoms with Crippen LogP contribution in [0.5, 0.6) is 0 Å². The Balaban J connectivity index is 2.89. The third-order valence-electron chi connectivity index (χ3n) is 1.96. The van der Waals surface area contributed by atoms with Gasteiger partial charge in [0.15, 0.2) is 0 Å². The molecule has 0 saturated heterocycles. The normalized spacial score (nSPS) is 10.2. The van der Waals surface area contributed by atoms with Gasteiger partial charge in [-0.15, -0.1) is 0 Å². The Labute approximate surface area is 73.4 Å². The molecule has 0 N–H and O–H groups in total. The fourth-order valence-corrected chi connectivity index (χ4v) is 1.29. The summed E-state index contributed by atoms with van der Waals surface area (Å²) in [5, 5.41) is 8.70. The van der Waals surface area contributed by atoms with E-state index in [1.54, 1.807) is 0 Å². The van der Waals surface area contributed by atoms with Crippen LogP contribution < -0.4 is 0 Å². The van der Waals surface area contributed by atoms with Gasteiger partial charge in [-0.1, -0.05) is 13.8 Å². The number of hydrogen-bond donors (Lipinski definition) is 0. The van der Waals surface area contributed by atoms with Crippen LogP contribution in [-0.2, 0) is 13.5 Å². The lowest BCUT2D eigenvalue weighted by Crippen LogP contribution is -2.02. The number of aromatic nitrogens is 1. The van der Waals surface area contributed by atoms with Crippen molar-refractivity contribution in [2.75, 3.05) is 0 Å². The highest BCUT2D eigenvalue weighted by molar-refractivity contribution is 5.26. The summed E-state index contributed by atoms with van der Waals surface area (Å²) < 4.78 is 1.96. The monoisotopic (exact) mass is 162 g/mol. The highest BCUT2D eigenvalue weighted by Gasteiger charge is 2.04. The number of hydrogen-bond acceptors (Lipinski definition) is 1. The molecule has 0 aliphatic rings. The second-order valence-corrected chi connectivity index (χ2v) is 3.48. The molecular weight excluding hydrogens is 148 g/mol. The van der Waals surface area contributed by atoms with Crippen molar-refractivity contribution in [3.63, 3.8) is 0 Å². The van der Waals surface area contributed by atoms with Crippen molar-refractivity contribution < 1.29 is 0 Å². The zero-order valence-electron chi connectivity index (χ0n) is 7.83. The summed E-state index contributed by atoms with van der Waals surface area (Å²) in [6, 6.07) is 6.05. The largest absolute Gasteiger partial charge is 0.340 e. The molecule has 0 spiro atoms. The molecule has 2 nitrogen and oxygen atoms in total. The van der Waals surface area contributed by atoms with E-state index in [-0.39, 0.29) is 0 Å². The molecule has 1 aromatic rings. The van der Waals surface area contributed by atoms with Crippen LogP contribution in [0.15, 0.2) is 12.1 Å². The molecule has 1 heterocycles. The van der Waals surface area contributed by atoms with Crippen molar-refractivity contribution in [1.82, 2.24) is 4.57 Å². The number of nitriles is 1. The van der Waals surface area contributed by atoms with E-state index in [0.717, 1.165) is 12.1 Å². The summed E-state index contributed by atoms with van der Waals surface area (Å²) in [6.45, 7) is 4.36. The SMILES string of the molecule is CC(C)Cc1ccc(C#N)n1C. The van der Waals surface area contributed by atoms with E-state index in [9.17, 15) is 0 Å². The van der Waals surface area contributed by atoms with Gasteiger partial charge < -0.3 is 4.57 Å². The minimum absolute atomic E-state index is 0.644. The van der Waals surface area contributed by atoms with Gasteiger partial charge in [-0.2, -0.15) is 5.26 Å². The Hall–Kier alpha value is -1.23. The minimum atomic E-state index is 0.644. The zero-order valence-corrected chi connectivity index (χ0v) is 7.83. The van der Waals surface area contributed by atoms with Crippen molar-refractivity contribution >= 4 is 0 Å². The highest BCUT2D eigenvalue weighted by atomic mass is 14.9. The molecule has 1 aromatic heterocycles. The van der Waals surface area contributed by atoms with Gasteiger partial charge >= 0.3 is 0 Å². The quantitative estimate of drug-likeness (QED) is 0.654. The molecule has 0 amide bonds. The first-order valence-corrected chi connectivity index (χ1v) is 4.20. The lowest BCUT2D eigenvalue weighted by atomic mass is 10.1. The summed E-state index contributed by atoms with van der Waals surface area (Å²) in [7, 11) is 1.94.